The van der Waals surface area contributed by atoms with Crippen LogP contribution in [0.4, 0.5) is 0 Å². The third-order valence-electron chi connectivity index (χ3n) is 3.34. The number of thiophene rings is 1. The second kappa shape index (κ2) is 5.16. The first-order valence-corrected chi connectivity index (χ1v) is 7.30. The first kappa shape index (κ1) is 11.2. The maximum atomic E-state index is 2.30. The van der Waals surface area contributed by atoms with Crippen molar-refractivity contribution in [3.8, 4) is 0 Å². The summed E-state index contributed by atoms with van der Waals surface area (Å²) in [7, 11) is 0. The molecule has 0 nitrogen and oxygen atoms in total. The van der Waals surface area contributed by atoms with Gasteiger partial charge in [-0.05, 0) is 49.7 Å². The number of rotatable bonds is 4. The molecule has 0 saturated heterocycles. The Morgan fingerprint density at radius 2 is 1.33 bits per heavy atom. The highest BCUT2D eigenvalue weighted by Gasteiger charge is 2.19. The Kier molecular flexibility index (Phi) is 3.85. The highest BCUT2D eigenvalue weighted by Crippen LogP contribution is 2.35. The van der Waals surface area contributed by atoms with Crippen molar-refractivity contribution in [2.24, 2.45) is 0 Å². The van der Waals surface area contributed by atoms with E-state index in [-0.39, 0.29) is 0 Å². The van der Waals surface area contributed by atoms with Gasteiger partial charge in [0.25, 0.3) is 0 Å². The van der Waals surface area contributed by atoms with E-state index < -0.39 is 0 Å². The molecule has 1 heterocycles. The number of hydrogen-bond acceptors (Lipinski definition) is 1. The van der Waals surface area contributed by atoms with E-state index in [2.05, 4.69) is 25.2 Å². The molecule has 0 unspecified atom stereocenters. The van der Waals surface area contributed by atoms with Crippen molar-refractivity contribution < 1.29 is 0 Å². The monoisotopic (exact) mass is 222 g/mol. The van der Waals surface area contributed by atoms with Gasteiger partial charge in [0.05, 0.1) is 0 Å². The third kappa shape index (κ3) is 2.28. The lowest BCUT2D eigenvalue weighted by atomic mass is 9.90. The number of aryl methyl sites for hydroxylation is 2. The molecule has 1 aromatic heterocycles. The molecule has 0 amide bonds. The fraction of sp³-hybridized carbons (Fsp3) is 0.714. The second-order valence-electron chi connectivity index (χ2n) is 4.61. The molecule has 0 bridgehead atoms. The average molecular weight is 222 g/mol. The fourth-order valence-electron chi connectivity index (χ4n) is 2.65. The molecule has 0 atom stereocenters. The second-order valence-corrected chi connectivity index (χ2v) is 5.80. The van der Waals surface area contributed by atoms with Crippen molar-refractivity contribution >= 4 is 11.3 Å². The topological polar surface area (TPSA) is 0 Å². The van der Waals surface area contributed by atoms with Gasteiger partial charge in [-0.1, -0.05) is 26.7 Å². The van der Waals surface area contributed by atoms with E-state index in [1.165, 1.54) is 51.4 Å². The summed E-state index contributed by atoms with van der Waals surface area (Å²) in [5.41, 5.74) is 3.52. The van der Waals surface area contributed by atoms with E-state index in [1.807, 2.05) is 0 Å². The van der Waals surface area contributed by atoms with Gasteiger partial charge in [-0.25, -0.2) is 0 Å². The van der Waals surface area contributed by atoms with E-state index in [0.717, 1.165) is 0 Å². The van der Waals surface area contributed by atoms with E-state index >= 15 is 0 Å². The minimum absolute atomic E-state index is 1.30. The van der Waals surface area contributed by atoms with Gasteiger partial charge in [-0.15, -0.1) is 11.3 Å². The Morgan fingerprint density at radius 3 is 1.73 bits per heavy atom. The molecule has 0 fully saturated rings. The van der Waals surface area contributed by atoms with Gasteiger partial charge in [0.15, 0.2) is 0 Å². The molecule has 1 aliphatic carbocycles. The van der Waals surface area contributed by atoms with E-state index in [9.17, 15) is 0 Å². The van der Waals surface area contributed by atoms with Crippen LogP contribution >= 0.6 is 11.3 Å². The van der Waals surface area contributed by atoms with Crippen LogP contribution in [0.15, 0.2) is 0 Å². The minimum atomic E-state index is 1.30. The van der Waals surface area contributed by atoms with Gasteiger partial charge in [-0.2, -0.15) is 0 Å². The lowest BCUT2D eigenvalue weighted by molar-refractivity contribution is 0.677. The molecule has 0 saturated carbocycles. The minimum Gasteiger partial charge on any atom is -0.145 e. The van der Waals surface area contributed by atoms with Gasteiger partial charge in [-0.3, -0.25) is 0 Å². The first-order valence-electron chi connectivity index (χ1n) is 6.49. The highest BCUT2D eigenvalue weighted by molar-refractivity contribution is 7.12. The molecule has 0 spiro atoms. The van der Waals surface area contributed by atoms with Crippen molar-refractivity contribution in [3.63, 3.8) is 0 Å². The normalized spacial score (nSPS) is 15.3. The summed E-state index contributed by atoms with van der Waals surface area (Å²) in [6.45, 7) is 4.60. The quantitative estimate of drug-likeness (QED) is 0.702. The number of hydrogen-bond donors (Lipinski definition) is 0. The summed E-state index contributed by atoms with van der Waals surface area (Å²) >= 11 is 2.12. The zero-order valence-electron chi connectivity index (χ0n) is 10.1. The average Bonchev–Trinajstić information content (AvgIpc) is 2.59. The molecule has 0 aromatic carbocycles. The zero-order valence-corrected chi connectivity index (χ0v) is 10.9. The molecule has 0 N–H and O–H groups in total. The van der Waals surface area contributed by atoms with Crippen molar-refractivity contribution in [1.82, 2.24) is 0 Å². The van der Waals surface area contributed by atoms with Gasteiger partial charge in [0, 0.05) is 9.75 Å². The summed E-state index contributed by atoms with van der Waals surface area (Å²) in [5.74, 6) is 0. The van der Waals surface area contributed by atoms with Crippen LogP contribution in [0.5, 0.6) is 0 Å². The molecule has 15 heavy (non-hydrogen) atoms. The predicted octanol–water partition coefficient (Wildman–Crippen LogP) is 4.53. The van der Waals surface area contributed by atoms with Gasteiger partial charge < -0.3 is 0 Å². The Bertz CT molecular complexity index is 292. The van der Waals surface area contributed by atoms with E-state index in [0.29, 0.717) is 0 Å². The van der Waals surface area contributed by atoms with Crippen LogP contribution in [0.3, 0.4) is 0 Å². The summed E-state index contributed by atoms with van der Waals surface area (Å²) in [5, 5.41) is 0. The van der Waals surface area contributed by atoms with Crippen molar-refractivity contribution in [3.05, 3.63) is 20.9 Å². The van der Waals surface area contributed by atoms with Crippen LogP contribution in [0.1, 0.15) is 60.4 Å². The van der Waals surface area contributed by atoms with E-state index in [4.69, 9.17) is 0 Å². The van der Waals surface area contributed by atoms with Gasteiger partial charge >= 0.3 is 0 Å². The summed E-state index contributed by atoms with van der Waals surface area (Å²) in [6.07, 6.45) is 10.8. The first-order chi connectivity index (χ1) is 7.36. The van der Waals surface area contributed by atoms with E-state index in [1.54, 1.807) is 20.9 Å². The molecular weight excluding hydrogens is 200 g/mol. The number of fused-ring (bicyclic) bond motifs is 1. The smallest absolute Gasteiger partial charge is 0.00829 e. The lowest BCUT2D eigenvalue weighted by Gasteiger charge is -2.14. The van der Waals surface area contributed by atoms with Crippen LogP contribution in [0.25, 0.3) is 0 Å². The van der Waals surface area contributed by atoms with Crippen LogP contribution < -0.4 is 0 Å². The molecule has 0 radical (unpaired) electrons. The fourth-order valence-corrected chi connectivity index (χ4v) is 4.26. The van der Waals surface area contributed by atoms with Crippen molar-refractivity contribution in [2.45, 2.75) is 65.2 Å². The maximum absolute atomic E-state index is 2.30. The van der Waals surface area contributed by atoms with Crippen LogP contribution in [-0.4, -0.2) is 0 Å². The third-order valence-corrected chi connectivity index (χ3v) is 4.74. The molecule has 1 heteroatoms. The maximum Gasteiger partial charge on any atom is 0.00829 e. The molecule has 2 rings (SSSR count). The molecule has 1 aromatic rings. The Hall–Kier alpha value is -0.300. The Morgan fingerprint density at radius 1 is 0.867 bits per heavy atom. The Balaban J connectivity index is 2.31. The molecular formula is C14H22S. The van der Waals surface area contributed by atoms with Crippen LogP contribution in [0.2, 0.25) is 0 Å². The standard InChI is InChI=1S/C14H22S/c1-3-7-13-11-9-5-6-10-12(11)14(15-13)8-4-2/h3-10H2,1-2H3. The SMILES string of the molecule is CCCc1sc(CCC)c2c1CCCC2. The summed E-state index contributed by atoms with van der Waals surface area (Å²) in [4.78, 5) is 3.44. The molecule has 84 valence electrons. The molecule has 0 aliphatic heterocycles. The van der Waals surface area contributed by atoms with Crippen LogP contribution in [0, 0.1) is 0 Å². The summed E-state index contributed by atoms with van der Waals surface area (Å²) in [6, 6.07) is 0. The van der Waals surface area contributed by atoms with Gasteiger partial charge in [0.1, 0.15) is 0 Å². The predicted molar refractivity (Wildman–Crippen MR) is 69.0 cm³/mol. The van der Waals surface area contributed by atoms with Crippen molar-refractivity contribution in [2.75, 3.05) is 0 Å². The summed E-state index contributed by atoms with van der Waals surface area (Å²) < 4.78 is 0. The zero-order chi connectivity index (χ0) is 10.7. The Labute approximate surface area is 97.7 Å². The van der Waals surface area contributed by atoms with Gasteiger partial charge in [0.2, 0.25) is 0 Å². The van der Waals surface area contributed by atoms with Crippen molar-refractivity contribution in [1.29, 1.82) is 0 Å². The lowest BCUT2D eigenvalue weighted by Crippen LogP contribution is -2.03. The highest BCUT2D eigenvalue weighted by atomic mass is 32.1. The van der Waals surface area contributed by atoms with Crippen LogP contribution in [-0.2, 0) is 25.7 Å². The largest absolute Gasteiger partial charge is 0.145 e. The molecule has 1 aliphatic rings.